The van der Waals surface area contributed by atoms with Crippen LogP contribution in [0.15, 0.2) is 29.2 Å². The Bertz CT molecular complexity index is 386. The molecule has 0 atom stereocenters. The number of nitriles is 1. The minimum Gasteiger partial charge on any atom is -0.354 e. The summed E-state index contributed by atoms with van der Waals surface area (Å²) in [5.41, 5.74) is 0. The predicted octanol–water partition coefficient (Wildman–Crippen LogP) is 1.95. The SMILES string of the molecule is N#CCCNC(=O)CSc1ccc(F)cc1. The lowest BCUT2D eigenvalue weighted by atomic mass is 10.4. The van der Waals surface area contributed by atoms with Gasteiger partial charge < -0.3 is 5.32 Å². The van der Waals surface area contributed by atoms with E-state index in [0.717, 1.165) is 4.90 Å². The lowest BCUT2D eigenvalue weighted by Crippen LogP contribution is -2.25. The molecule has 0 bridgehead atoms. The Morgan fingerprint density at radius 3 is 2.75 bits per heavy atom. The first-order valence-electron chi connectivity index (χ1n) is 4.74. The number of amides is 1. The van der Waals surface area contributed by atoms with Gasteiger partial charge in [-0.2, -0.15) is 5.26 Å². The first-order valence-corrected chi connectivity index (χ1v) is 5.73. The van der Waals surface area contributed by atoms with Crippen LogP contribution in [0.4, 0.5) is 4.39 Å². The highest BCUT2D eigenvalue weighted by Crippen LogP contribution is 2.17. The Labute approximate surface area is 97.6 Å². The van der Waals surface area contributed by atoms with Gasteiger partial charge in [-0.15, -0.1) is 11.8 Å². The Hall–Kier alpha value is -1.54. The molecule has 0 spiro atoms. The molecule has 1 N–H and O–H groups in total. The number of hydrogen-bond donors (Lipinski definition) is 1. The van der Waals surface area contributed by atoms with E-state index in [1.54, 1.807) is 12.1 Å². The number of halogens is 1. The maximum atomic E-state index is 12.6. The second-order valence-corrected chi connectivity index (χ2v) is 4.05. The van der Waals surface area contributed by atoms with Crippen LogP contribution in [-0.2, 0) is 4.79 Å². The van der Waals surface area contributed by atoms with Gasteiger partial charge in [-0.25, -0.2) is 4.39 Å². The van der Waals surface area contributed by atoms with Crippen molar-refractivity contribution in [3.63, 3.8) is 0 Å². The molecule has 0 aliphatic rings. The Balaban J connectivity index is 2.26. The van der Waals surface area contributed by atoms with Crippen molar-refractivity contribution >= 4 is 17.7 Å². The van der Waals surface area contributed by atoms with Crippen molar-refractivity contribution in [2.75, 3.05) is 12.3 Å². The van der Waals surface area contributed by atoms with E-state index in [9.17, 15) is 9.18 Å². The van der Waals surface area contributed by atoms with Crippen LogP contribution < -0.4 is 5.32 Å². The normalized spacial score (nSPS) is 9.50. The average molecular weight is 238 g/mol. The highest BCUT2D eigenvalue weighted by atomic mass is 32.2. The molecule has 0 saturated carbocycles. The second-order valence-electron chi connectivity index (χ2n) is 3.00. The maximum absolute atomic E-state index is 12.6. The van der Waals surface area contributed by atoms with Crippen LogP contribution in [0, 0.1) is 17.1 Å². The van der Waals surface area contributed by atoms with Gasteiger partial charge in [0.2, 0.25) is 5.91 Å². The summed E-state index contributed by atoms with van der Waals surface area (Å²) in [7, 11) is 0. The Morgan fingerprint density at radius 2 is 2.12 bits per heavy atom. The van der Waals surface area contributed by atoms with Crippen molar-refractivity contribution in [1.82, 2.24) is 5.32 Å². The molecule has 0 radical (unpaired) electrons. The van der Waals surface area contributed by atoms with Gasteiger partial charge in [0.25, 0.3) is 0 Å². The van der Waals surface area contributed by atoms with Gasteiger partial charge in [0.1, 0.15) is 5.82 Å². The van der Waals surface area contributed by atoms with Crippen LogP contribution >= 0.6 is 11.8 Å². The van der Waals surface area contributed by atoms with E-state index in [-0.39, 0.29) is 17.5 Å². The number of nitrogens with one attached hydrogen (secondary N) is 1. The van der Waals surface area contributed by atoms with Crippen molar-refractivity contribution < 1.29 is 9.18 Å². The monoisotopic (exact) mass is 238 g/mol. The first kappa shape index (κ1) is 12.5. The van der Waals surface area contributed by atoms with E-state index in [0.29, 0.717) is 13.0 Å². The molecule has 0 fully saturated rings. The molecule has 84 valence electrons. The Morgan fingerprint density at radius 1 is 1.44 bits per heavy atom. The fraction of sp³-hybridized carbons (Fsp3) is 0.273. The average Bonchev–Trinajstić information content (AvgIpc) is 2.29. The standard InChI is InChI=1S/C11H11FN2OS/c12-9-2-4-10(5-3-9)16-8-11(15)14-7-1-6-13/h2-5H,1,7-8H2,(H,14,15). The summed E-state index contributed by atoms with van der Waals surface area (Å²) in [6.45, 7) is 0.374. The molecule has 1 amide bonds. The maximum Gasteiger partial charge on any atom is 0.230 e. The molecule has 0 heterocycles. The van der Waals surface area contributed by atoms with Crippen molar-refractivity contribution in [3.8, 4) is 6.07 Å². The highest BCUT2D eigenvalue weighted by molar-refractivity contribution is 8.00. The quantitative estimate of drug-likeness (QED) is 0.630. The van der Waals surface area contributed by atoms with Crippen LogP contribution in [0.2, 0.25) is 0 Å². The fourth-order valence-electron chi connectivity index (χ4n) is 0.989. The molecule has 0 unspecified atom stereocenters. The van der Waals surface area contributed by atoms with E-state index in [4.69, 9.17) is 5.26 Å². The van der Waals surface area contributed by atoms with Crippen LogP contribution in [0.3, 0.4) is 0 Å². The van der Waals surface area contributed by atoms with Crippen molar-refractivity contribution in [2.45, 2.75) is 11.3 Å². The number of benzene rings is 1. The van der Waals surface area contributed by atoms with Gasteiger partial charge in [0.05, 0.1) is 18.2 Å². The largest absolute Gasteiger partial charge is 0.354 e. The highest BCUT2D eigenvalue weighted by Gasteiger charge is 2.01. The molecule has 0 saturated heterocycles. The molecular formula is C11H11FN2OS. The smallest absolute Gasteiger partial charge is 0.230 e. The van der Waals surface area contributed by atoms with Gasteiger partial charge in [-0.3, -0.25) is 4.79 Å². The minimum absolute atomic E-state index is 0.121. The van der Waals surface area contributed by atoms with E-state index in [1.165, 1.54) is 23.9 Å². The lowest BCUT2D eigenvalue weighted by molar-refractivity contribution is -0.118. The second kappa shape index (κ2) is 6.85. The summed E-state index contributed by atoms with van der Waals surface area (Å²) in [4.78, 5) is 12.1. The minimum atomic E-state index is -0.289. The molecule has 0 aliphatic carbocycles. The van der Waals surface area contributed by atoms with E-state index in [2.05, 4.69) is 5.32 Å². The zero-order valence-corrected chi connectivity index (χ0v) is 9.39. The fourth-order valence-corrected chi connectivity index (χ4v) is 1.72. The zero-order valence-electron chi connectivity index (χ0n) is 8.57. The number of rotatable bonds is 5. The number of hydrogen-bond acceptors (Lipinski definition) is 3. The van der Waals surface area contributed by atoms with Gasteiger partial charge in [0.15, 0.2) is 0 Å². The molecule has 1 aromatic rings. The molecule has 0 aromatic heterocycles. The summed E-state index contributed by atoms with van der Waals surface area (Å²) >= 11 is 1.33. The zero-order chi connectivity index (χ0) is 11.8. The number of nitrogens with zero attached hydrogens (tertiary/aromatic N) is 1. The van der Waals surface area contributed by atoms with Crippen molar-refractivity contribution in [3.05, 3.63) is 30.1 Å². The van der Waals surface area contributed by atoms with E-state index < -0.39 is 0 Å². The van der Waals surface area contributed by atoms with Crippen LogP contribution in [-0.4, -0.2) is 18.2 Å². The topological polar surface area (TPSA) is 52.9 Å². The lowest BCUT2D eigenvalue weighted by Gasteiger charge is -2.02. The van der Waals surface area contributed by atoms with E-state index >= 15 is 0 Å². The van der Waals surface area contributed by atoms with Gasteiger partial charge in [0, 0.05) is 11.4 Å². The molecule has 16 heavy (non-hydrogen) atoms. The Kier molecular flexibility index (Phi) is 5.37. The summed E-state index contributed by atoms with van der Waals surface area (Å²) in [6, 6.07) is 7.91. The molecular weight excluding hydrogens is 227 g/mol. The van der Waals surface area contributed by atoms with Gasteiger partial charge in [-0.05, 0) is 24.3 Å². The van der Waals surface area contributed by atoms with Gasteiger partial charge >= 0.3 is 0 Å². The van der Waals surface area contributed by atoms with Crippen molar-refractivity contribution in [1.29, 1.82) is 5.26 Å². The number of thioether (sulfide) groups is 1. The van der Waals surface area contributed by atoms with Crippen LogP contribution in [0.5, 0.6) is 0 Å². The van der Waals surface area contributed by atoms with Crippen molar-refractivity contribution in [2.24, 2.45) is 0 Å². The number of carbonyl (C=O) groups excluding carboxylic acids is 1. The molecule has 5 heteroatoms. The summed E-state index contributed by atoms with van der Waals surface area (Å²) in [5, 5.41) is 10.9. The third kappa shape index (κ3) is 4.80. The summed E-state index contributed by atoms with van der Waals surface area (Å²) in [6.07, 6.45) is 0.312. The van der Waals surface area contributed by atoms with Gasteiger partial charge in [-0.1, -0.05) is 0 Å². The number of carbonyl (C=O) groups is 1. The molecule has 1 aromatic carbocycles. The summed E-state index contributed by atoms with van der Waals surface area (Å²) in [5.74, 6) is -0.135. The van der Waals surface area contributed by atoms with E-state index in [1.807, 2.05) is 6.07 Å². The third-order valence-electron chi connectivity index (χ3n) is 1.74. The van der Waals surface area contributed by atoms with Crippen LogP contribution in [0.1, 0.15) is 6.42 Å². The molecule has 0 aliphatic heterocycles. The summed E-state index contributed by atoms with van der Waals surface area (Å²) < 4.78 is 12.6. The first-order chi connectivity index (χ1) is 7.72. The molecule has 1 rings (SSSR count). The predicted molar refractivity (Wildman–Crippen MR) is 60.4 cm³/mol. The van der Waals surface area contributed by atoms with Crippen LogP contribution in [0.25, 0.3) is 0 Å². The molecule has 3 nitrogen and oxygen atoms in total. The third-order valence-corrected chi connectivity index (χ3v) is 2.75.